The molecule has 1 aliphatic heterocycles. The number of likely N-dealkylation sites (tertiary alicyclic amines) is 1. The van der Waals surface area contributed by atoms with Crippen LogP contribution in [0.4, 0.5) is 5.13 Å². The molecule has 1 saturated heterocycles. The standard InChI is InChI=1S/C14H24N4O2S/c1-4-20-10-5-11-16-17-13(21-11)15-12(19)14(2)6-8-18(3)9-7-14/h4-10H2,1-3H3,(H,15,17,19). The number of ether oxygens (including phenoxy) is 1. The predicted molar refractivity (Wildman–Crippen MR) is 83.6 cm³/mol. The minimum absolute atomic E-state index is 0.0584. The highest BCUT2D eigenvalue weighted by Gasteiger charge is 2.36. The summed E-state index contributed by atoms with van der Waals surface area (Å²) < 4.78 is 5.30. The summed E-state index contributed by atoms with van der Waals surface area (Å²) in [6.07, 6.45) is 2.50. The normalized spacial score (nSPS) is 18.6. The van der Waals surface area contributed by atoms with E-state index in [2.05, 4.69) is 27.5 Å². The van der Waals surface area contributed by atoms with Crippen LogP contribution in [0.1, 0.15) is 31.7 Å². The Balaban J connectivity index is 1.87. The number of piperidine rings is 1. The first-order valence-electron chi connectivity index (χ1n) is 7.43. The van der Waals surface area contributed by atoms with E-state index >= 15 is 0 Å². The van der Waals surface area contributed by atoms with E-state index in [1.54, 1.807) is 0 Å². The van der Waals surface area contributed by atoms with Gasteiger partial charge in [-0.05, 0) is 39.9 Å². The SMILES string of the molecule is CCOCCc1nnc(NC(=O)C2(C)CCN(C)CC2)s1. The number of aromatic nitrogens is 2. The number of nitrogens with zero attached hydrogens (tertiary/aromatic N) is 3. The third-order valence-corrected chi connectivity index (χ3v) is 4.89. The zero-order valence-electron chi connectivity index (χ0n) is 13.0. The first-order chi connectivity index (χ1) is 10.0. The van der Waals surface area contributed by atoms with Crippen LogP contribution in [0.25, 0.3) is 0 Å². The van der Waals surface area contributed by atoms with Crippen molar-refractivity contribution >= 4 is 22.4 Å². The third kappa shape index (κ3) is 4.46. The average Bonchev–Trinajstić information content (AvgIpc) is 2.90. The number of amides is 1. The molecular formula is C14H24N4O2S. The molecular weight excluding hydrogens is 288 g/mol. The van der Waals surface area contributed by atoms with Gasteiger partial charge in [0, 0.05) is 18.4 Å². The van der Waals surface area contributed by atoms with Gasteiger partial charge in [-0.15, -0.1) is 10.2 Å². The number of hydrogen-bond acceptors (Lipinski definition) is 6. The Hall–Kier alpha value is -1.05. The van der Waals surface area contributed by atoms with Gasteiger partial charge in [-0.2, -0.15) is 0 Å². The van der Waals surface area contributed by atoms with Crippen LogP contribution in [-0.4, -0.2) is 54.4 Å². The molecule has 2 rings (SSSR count). The molecule has 0 spiro atoms. The molecule has 1 aliphatic rings. The van der Waals surface area contributed by atoms with Gasteiger partial charge in [-0.3, -0.25) is 4.79 Å². The Morgan fingerprint density at radius 3 is 2.81 bits per heavy atom. The molecule has 0 bridgehead atoms. The predicted octanol–water partition coefficient (Wildman–Crippen LogP) is 1.79. The summed E-state index contributed by atoms with van der Waals surface area (Å²) in [6, 6.07) is 0. The van der Waals surface area contributed by atoms with E-state index in [1.165, 1.54) is 11.3 Å². The fourth-order valence-electron chi connectivity index (χ4n) is 2.30. The highest BCUT2D eigenvalue weighted by molar-refractivity contribution is 7.15. The summed E-state index contributed by atoms with van der Waals surface area (Å²) in [5, 5.41) is 12.5. The zero-order valence-corrected chi connectivity index (χ0v) is 13.8. The van der Waals surface area contributed by atoms with Gasteiger partial charge in [0.15, 0.2) is 0 Å². The van der Waals surface area contributed by atoms with Crippen LogP contribution in [0.2, 0.25) is 0 Å². The molecule has 1 aromatic rings. The number of rotatable bonds is 6. The van der Waals surface area contributed by atoms with Crippen LogP contribution < -0.4 is 5.32 Å². The average molecular weight is 312 g/mol. The second-order valence-electron chi connectivity index (χ2n) is 5.77. The molecule has 1 fully saturated rings. The van der Waals surface area contributed by atoms with Crippen LogP contribution >= 0.6 is 11.3 Å². The number of carbonyl (C=O) groups is 1. The molecule has 0 unspecified atom stereocenters. The van der Waals surface area contributed by atoms with Crippen molar-refractivity contribution in [3.8, 4) is 0 Å². The first kappa shape index (κ1) is 16.3. The molecule has 0 aliphatic carbocycles. The fraction of sp³-hybridized carbons (Fsp3) is 0.786. The first-order valence-corrected chi connectivity index (χ1v) is 8.25. The van der Waals surface area contributed by atoms with E-state index < -0.39 is 0 Å². The minimum atomic E-state index is -0.302. The van der Waals surface area contributed by atoms with Crippen molar-refractivity contribution < 1.29 is 9.53 Å². The second-order valence-corrected chi connectivity index (χ2v) is 6.83. The monoisotopic (exact) mass is 312 g/mol. The molecule has 0 atom stereocenters. The van der Waals surface area contributed by atoms with Gasteiger partial charge in [-0.25, -0.2) is 0 Å². The van der Waals surface area contributed by atoms with Crippen LogP contribution in [0.5, 0.6) is 0 Å². The van der Waals surface area contributed by atoms with Gasteiger partial charge in [0.05, 0.1) is 6.61 Å². The lowest BCUT2D eigenvalue weighted by Gasteiger charge is -2.36. The maximum absolute atomic E-state index is 12.5. The van der Waals surface area contributed by atoms with Crippen molar-refractivity contribution in [3.05, 3.63) is 5.01 Å². The highest BCUT2D eigenvalue weighted by atomic mass is 32.1. The van der Waals surface area contributed by atoms with Crippen molar-refractivity contribution in [2.75, 3.05) is 38.7 Å². The van der Waals surface area contributed by atoms with E-state index in [1.807, 2.05) is 13.8 Å². The van der Waals surface area contributed by atoms with E-state index in [0.29, 0.717) is 18.3 Å². The summed E-state index contributed by atoms with van der Waals surface area (Å²) in [5.74, 6) is 0.0584. The maximum Gasteiger partial charge on any atom is 0.232 e. The molecule has 0 aromatic carbocycles. The van der Waals surface area contributed by atoms with Gasteiger partial charge >= 0.3 is 0 Å². The highest BCUT2D eigenvalue weighted by Crippen LogP contribution is 2.32. The largest absolute Gasteiger partial charge is 0.381 e. The third-order valence-electron chi connectivity index (χ3n) is 3.99. The summed E-state index contributed by atoms with van der Waals surface area (Å²) in [7, 11) is 2.09. The Morgan fingerprint density at radius 1 is 1.43 bits per heavy atom. The summed E-state index contributed by atoms with van der Waals surface area (Å²) in [4.78, 5) is 14.7. The lowest BCUT2D eigenvalue weighted by atomic mass is 9.79. The maximum atomic E-state index is 12.5. The molecule has 1 aromatic heterocycles. The lowest BCUT2D eigenvalue weighted by molar-refractivity contribution is -0.127. The smallest absolute Gasteiger partial charge is 0.232 e. The number of carbonyl (C=O) groups excluding carboxylic acids is 1. The zero-order chi connectivity index (χ0) is 15.3. The molecule has 6 nitrogen and oxygen atoms in total. The van der Waals surface area contributed by atoms with Gasteiger partial charge in [0.1, 0.15) is 5.01 Å². The Labute approximate surface area is 129 Å². The molecule has 0 radical (unpaired) electrons. The Morgan fingerprint density at radius 2 is 2.14 bits per heavy atom. The molecule has 118 valence electrons. The van der Waals surface area contributed by atoms with Gasteiger partial charge in [0.2, 0.25) is 11.0 Å². The van der Waals surface area contributed by atoms with Crippen molar-refractivity contribution in [1.29, 1.82) is 0 Å². The van der Waals surface area contributed by atoms with Crippen molar-refractivity contribution in [2.24, 2.45) is 5.41 Å². The van der Waals surface area contributed by atoms with Crippen LogP contribution in [0, 0.1) is 5.41 Å². The summed E-state index contributed by atoms with van der Waals surface area (Å²) in [6.45, 7) is 7.26. The Bertz CT molecular complexity index is 469. The van der Waals surface area contributed by atoms with Gasteiger partial charge < -0.3 is 15.0 Å². The van der Waals surface area contributed by atoms with E-state index in [4.69, 9.17) is 4.74 Å². The van der Waals surface area contributed by atoms with Crippen molar-refractivity contribution in [1.82, 2.24) is 15.1 Å². The van der Waals surface area contributed by atoms with Crippen molar-refractivity contribution in [3.63, 3.8) is 0 Å². The van der Waals surface area contributed by atoms with Crippen molar-refractivity contribution in [2.45, 2.75) is 33.1 Å². The van der Waals surface area contributed by atoms with E-state index in [9.17, 15) is 4.79 Å². The number of hydrogen-bond donors (Lipinski definition) is 1. The topological polar surface area (TPSA) is 67.4 Å². The second kappa shape index (κ2) is 7.29. The quantitative estimate of drug-likeness (QED) is 0.811. The Kier molecular flexibility index (Phi) is 5.66. The molecule has 0 saturated carbocycles. The number of anilines is 1. The summed E-state index contributed by atoms with van der Waals surface area (Å²) >= 11 is 1.43. The van der Waals surface area contributed by atoms with E-state index in [0.717, 1.165) is 37.4 Å². The molecule has 21 heavy (non-hydrogen) atoms. The van der Waals surface area contributed by atoms with Crippen LogP contribution in [0.15, 0.2) is 0 Å². The van der Waals surface area contributed by atoms with Gasteiger partial charge in [-0.1, -0.05) is 18.3 Å². The fourth-order valence-corrected chi connectivity index (χ4v) is 3.01. The molecule has 1 amide bonds. The summed E-state index contributed by atoms with van der Waals surface area (Å²) in [5.41, 5.74) is -0.302. The molecule has 2 heterocycles. The molecule has 1 N–H and O–H groups in total. The lowest BCUT2D eigenvalue weighted by Crippen LogP contribution is -2.43. The minimum Gasteiger partial charge on any atom is -0.381 e. The van der Waals surface area contributed by atoms with E-state index in [-0.39, 0.29) is 11.3 Å². The number of nitrogens with one attached hydrogen (secondary N) is 1. The van der Waals surface area contributed by atoms with Gasteiger partial charge in [0.25, 0.3) is 0 Å². The molecule has 7 heteroatoms. The van der Waals surface area contributed by atoms with Crippen LogP contribution in [0.3, 0.4) is 0 Å². The van der Waals surface area contributed by atoms with Crippen LogP contribution in [-0.2, 0) is 16.0 Å².